The largest absolute Gasteiger partial charge is 0.383 e. The quantitative estimate of drug-likeness (QED) is 0.855. The fourth-order valence-corrected chi connectivity index (χ4v) is 4.41. The Bertz CT molecular complexity index is 649. The monoisotopic (exact) mass is 345 g/mol. The number of nitrogens with one attached hydrogen (secondary N) is 1. The van der Waals surface area contributed by atoms with Crippen molar-refractivity contribution in [1.29, 1.82) is 0 Å². The van der Waals surface area contributed by atoms with E-state index in [1.165, 1.54) is 0 Å². The molecular weight excluding hydrogens is 318 g/mol. The highest BCUT2D eigenvalue weighted by molar-refractivity contribution is 5.95. The van der Waals surface area contributed by atoms with E-state index in [4.69, 9.17) is 4.74 Å². The lowest BCUT2D eigenvalue weighted by Gasteiger charge is -2.46. The van der Waals surface area contributed by atoms with Gasteiger partial charge in [0.2, 0.25) is 5.91 Å². The number of nitrogens with zero attached hydrogens (tertiary/aromatic N) is 2. The number of amides is 2. The summed E-state index contributed by atoms with van der Waals surface area (Å²) in [5.41, 5.74) is 1.35. The van der Waals surface area contributed by atoms with Crippen LogP contribution in [-0.4, -0.2) is 54.5 Å². The number of methoxy groups -OCH3 is 1. The summed E-state index contributed by atoms with van der Waals surface area (Å²) in [6.07, 6.45) is 6.27. The third-order valence-corrected chi connectivity index (χ3v) is 5.78. The molecule has 0 bridgehead atoms. The van der Waals surface area contributed by atoms with Gasteiger partial charge in [0, 0.05) is 50.0 Å². The number of fused-ring (bicyclic) bond motifs is 1. The summed E-state index contributed by atoms with van der Waals surface area (Å²) >= 11 is 0. The Balaban J connectivity index is 1.71. The van der Waals surface area contributed by atoms with Crippen molar-refractivity contribution in [3.8, 4) is 0 Å². The number of piperidine rings is 1. The van der Waals surface area contributed by atoms with Gasteiger partial charge in [-0.2, -0.15) is 0 Å². The molecule has 1 saturated carbocycles. The van der Waals surface area contributed by atoms with Crippen molar-refractivity contribution in [3.05, 3.63) is 29.6 Å². The van der Waals surface area contributed by atoms with Gasteiger partial charge in [0.1, 0.15) is 0 Å². The van der Waals surface area contributed by atoms with E-state index in [0.717, 1.165) is 31.4 Å². The Labute approximate surface area is 148 Å². The molecule has 6 nitrogen and oxygen atoms in total. The Morgan fingerprint density at radius 1 is 1.48 bits per heavy atom. The predicted molar refractivity (Wildman–Crippen MR) is 94.2 cm³/mol. The van der Waals surface area contributed by atoms with Crippen LogP contribution in [0.2, 0.25) is 0 Å². The minimum atomic E-state index is -0.0778. The number of rotatable bonds is 6. The Morgan fingerprint density at radius 2 is 2.32 bits per heavy atom. The fourth-order valence-electron chi connectivity index (χ4n) is 4.41. The third-order valence-electron chi connectivity index (χ3n) is 5.78. The average molecular weight is 345 g/mol. The Morgan fingerprint density at radius 3 is 3.08 bits per heavy atom. The van der Waals surface area contributed by atoms with Gasteiger partial charge in [-0.15, -0.1) is 0 Å². The maximum Gasteiger partial charge on any atom is 0.253 e. The Hall–Kier alpha value is -1.95. The minimum absolute atomic E-state index is 0.00652. The van der Waals surface area contributed by atoms with Crippen LogP contribution < -0.4 is 5.32 Å². The summed E-state index contributed by atoms with van der Waals surface area (Å²) in [6.45, 7) is 3.65. The summed E-state index contributed by atoms with van der Waals surface area (Å²) < 4.78 is 5.17. The second-order valence-electron chi connectivity index (χ2n) is 7.17. The first kappa shape index (κ1) is 17.9. The molecule has 136 valence electrons. The number of ether oxygens (including phenoxy) is 1. The van der Waals surface area contributed by atoms with Crippen molar-refractivity contribution >= 4 is 11.8 Å². The average Bonchev–Trinajstić information content (AvgIpc) is 3.04. The smallest absolute Gasteiger partial charge is 0.253 e. The van der Waals surface area contributed by atoms with Gasteiger partial charge >= 0.3 is 0 Å². The van der Waals surface area contributed by atoms with Crippen LogP contribution in [0.3, 0.4) is 0 Å². The second-order valence-corrected chi connectivity index (χ2v) is 7.17. The SMILES string of the molecule is COCCN1C(=O)CC[C@]2(CNC(=O)c3cccnc3C)CCC[C@@H]12. The van der Waals surface area contributed by atoms with Crippen LogP contribution in [0, 0.1) is 12.3 Å². The van der Waals surface area contributed by atoms with Crippen LogP contribution >= 0.6 is 0 Å². The molecule has 2 heterocycles. The Kier molecular flexibility index (Phi) is 5.37. The summed E-state index contributed by atoms with van der Waals surface area (Å²) in [5.74, 6) is 0.139. The summed E-state index contributed by atoms with van der Waals surface area (Å²) in [5, 5.41) is 3.11. The molecule has 1 aliphatic carbocycles. The van der Waals surface area contributed by atoms with Gasteiger partial charge in [0.25, 0.3) is 5.91 Å². The van der Waals surface area contributed by atoms with Gasteiger partial charge in [-0.3, -0.25) is 14.6 Å². The second kappa shape index (κ2) is 7.52. The van der Waals surface area contributed by atoms with Crippen LogP contribution in [-0.2, 0) is 9.53 Å². The van der Waals surface area contributed by atoms with E-state index in [1.807, 2.05) is 11.8 Å². The van der Waals surface area contributed by atoms with Crippen LogP contribution in [0.1, 0.15) is 48.2 Å². The molecule has 1 aromatic heterocycles. The van der Waals surface area contributed by atoms with Gasteiger partial charge < -0.3 is 15.0 Å². The molecule has 0 aromatic carbocycles. The summed E-state index contributed by atoms with van der Waals surface area (Å²) in [7, 11) is 1.66. The van der Waals surface area contributed by atoms with Gasteiger partial charge in [-0.05, 0) is 38.3 Å². The lowest BCUT2D eigenvalue weighted by atomic mass is 9.74. The molecule has 1 aromatic rings. The van der Waals surface area contributed by atoms with E-state index in [-0.39, 0.29) is 23.3 Å². The molecule has 1 N–H and O–H groups in total. The van der Waals surface area contributed by atoms with Crippen LogP contribution in [0.25, 0.3) is 0 Å². The molecule has 3 rings (SSSR count). The normalized spacial score (nSPS) is 25.8. The van der Waals surface area contributed by atoms with Crippen LogP contribution in [0.5, 0.6) is 0 Å². The maximum atomic E-state index is 12.6. The van der Waals surface area contributed by atoms with Crippen molar-refractivity contribution < 1.29 is 14.3 Å². The minimum Gasteiger partial charge on any atom is -0.383 e. The number of aryl methyl sites for hydroxylation is 1. The number of likely N-dealkylation sites (tertiary alicyclic amines) is 1. The molecule has 1 saturated heterocycles. The number of hydrogen-bond acceptors (Lipinski definition) is 4. The van der Waals surface area contributed by atoms with Crippen molar-refractivity contribution in [2.24, 2.45) is 5.41 Å². The van der Waals surface area contributed by atoms with E-state index >= 15 is 0 Å². The van der Waals surface area contributed by atoms with Gasteiger partial charge in [-0.25, -0.2) is 0 Å². The highest BCUT2D eigenvalue weighted by Gasteiger charge is 2.50. The number of pyridine rings is 1. The molecule has 0 spiro atoms. The standard InChI is InChI=1S/C19H27N3O3/c1-14-15(5-4-10-20-14)18(24)21-13-19-8-3-6-16(19)22(11-12-25-2)17(23)7-9-19/h4-5,10,16H,3,6-9,11-13H2,1-2H3,(H,21,24)/t16-,19+/m1/s1. The zero-order chi connectivity index (χ0) is 17.9. The van der Waals surface area contributed by atoms with E-state index in [0.29, 0.717) is 31.7 Å². The van der Waals surface area contributed by atoms with E-state index in [9.17, 15) is 9.59 Å². The van der Waals surface area contributed by atoms with E-state index < -0.39 is 0 Å². The molecule has 25 heavy (non-hydrogen) atoms. The van der Waals surface area contributed by atoms with Gasteiger partial charge in [0.05, 0.1) is 12.2 Å². The lowest BCUT2D eigenvalue weighted by Crippen LogP contribution is -2.56. The van der Waals surface area contributed by atoms with Crippen molar-refractivity contribution in [2.75, 3.05) is 26.8 Å². The molecule has 6 heteroatoms. The first-order valence-electron chi connectivity index (χ1n) is 9.06. The van der Waals surface area contributed by atoms with Crippen molar-refractivity contribution in [2.45, 2.75) is 45.1 Å². The molecule has 0 radical (unpaired) electrons. The summed E-state index contributed by atoms with van der Waals surface area (Å²) in [6, 6.07) is 3.79. The maximum absolute atomic E-state index is 12.6. The zero-order valence-electron chi connectivity index (χ0n) is 15.1. The number of carbonyl (C=O) groups is 2. The first-order valence-corrected chi connectivity index (χ1v) is 9.06. The topological polar surface area (TPSA) is 71.5 Å². The highest BCUT2D eigenvalue weighted by Crippen LogP contribution is 2.47. The van der Waals surface area contributed by atoms with E-state index in [1.54, 1.807) is 25.4 Å². The van der Waals surface area contributed by atoms with Crippen LogP contribution in [0.4, 0.5) is 0 Å². The zero-order valence-corrected chi connectivity index (χ0v) is 15.1. The lowest BCUT2D eigenvalue weighted by molar-refractivity contribution is -0.142. The van der Waals surface area contributed by atoms with E-state index in [2.05, 4.69) is 10.3 Å². The van der Waals surface area contributed by atoms with Crippen molar-refractivity contribution in [3.63, 3.8) is 0 Å². The number of aromatic nitrogens is 1. The first-order chi connectivity index (χ1) is 12.1. The molecule has 1 aliphatic heterocycles. The summed E-state index contributed by atoms with van der Waals surface area (Å²) in [4.78, 5) is 31.1. The molecule has 0 unspecified atom stereocenters. The molecule has 2 fully saturated rings. The number of hydrogen-bond donors (Lipinski definition) is 1. The highest BCUT2D eigenvalue weighted by atomic mass is 16.5. The molecule has 2 aliphatic rings. The fraction of sp³-hybridized carbons (Fsp3) is 0.632. The molecular formula is C19H27N3O3. The third kappa shape index (κ3) is 3.54. The molecule has 2 atom stereocenters. The predicted octanol–water partition coefficient (Wildman–Crippen LogP) is 1.93. The van der Waals surface area contributed by atoms with Crippen molar-refractivity contribution in [1.82, 2.24) is 15.2 Å². The molecule has 2 amide bonds. The van der Waals surface area contributed by atoms with Crippen LogP contribution in [0.15, 0.2) is 18.3 Å². The number of carbonyl (C=O) groups excluding carboxylic acids is 2. The van der Waals surface area contributed by atoms with Gasteiger partial charge in [-0.1, -0.05) is 6.42 Å². The van der Waals surface area contributed by atoms with Gasteiger partial charge in [0.15, 0.2) is 0 Å².